The molecule has 1 aliphatic rings. The van der Waals surface area contributed by atoms with Gasteiger partial charge in [-0.1, -0.05) is 0 Å². The fraction of sp³-hybridized carbons (Fsp3) is 0.312. The van der Waals surface area contributed by atoms with Gasteiger partial charge in [0, 0.05) is 44.3 Å². The second-order valence-electron chi connectivity index (χ2n) is 5.27. The van der Waals surface area contributed by atoms with Crippen molar-refractivity contribution in [2.45, 2.75) is 6.92 Å². The Labute approximate surface area is 128 Å². The van der Waals surface area contributed by atoms with Crippen LogP contribution in [-0.2, 0) is 0 Å². The standard InChI is InChI=1S/C16H17FN4O/c1-12-18-10-13(11-19-12)16(22)21-8-6-20(7-9-21)15-4-2-14(17)3-5-15/h2-5,10-11H,6-9H2,1H3. The van der Waals surface area contributed by atoms with E-state index in [0.717, 1.165) is 18.8 Å². The van der Waals surface area contributed by atoms with E-state index in [9.17, 15) is 9.18 Å². The van der Waals surface area contributed by atoms with E-state index in [-0.39, 0.29) is 11.7 Å². The summed E-state index contributed by atoms with van der Waals surface area (Å²) in [6.07, 6.45) is 3.13. The molecule has 1 aromatic heterocycles. The molecule has 1 aromatic carbocycles. The highest BCUT2D eigenvalue weighted by molar-refractivity contribution is 5.93. The highest BCUT2D eigenvalue weighted by Crippen LogP contribution is 2.17. The number of carbonyl (C=O) groups excluding carboxylic acids is 1. The van der Waals surface area contributed by atoms with E-state index in [1.807, 2.05) is 0 Å². The molecule has 1 saturated heterocycles. The summed E-state index contributed by atoms with van der Waals surface area (Å²) in [6, 6.07) is 6.44. The van der Waals surface area contributed by atoms with Gasteiger partial charge in [-0.05, 0) is 31.2 Å². The van der Waals surface area contributed by atoms with Crippen molar-refractivity contribution < 1.29 is 9.18 Å². The topological polar surface area (TPSA) is 49.3 Å². The molecule has 0 unspecified atom stereocenters. The summed E-state index contributed by atoms with van der Waals surface area (Å²) in [4.78, 5) is 24.4. The smallest absolute Gasteiger partial charge is 0.257 e. The van der Waals surface area contributed by atoms with Gasteiger partial charge in [-0.3, -0.25) is 4.79 Å². The number of piperazine rings is 1. The van der Waals surface area contributed by atoms with Crippen molar-refractivity contribution in [3.05, 3.63) is 53.9 Å². The van der Waals surface area contributed by atoms with E-state index in [1.54, 1.807) is 36.4 Å². The zero-order valence-corrected chi connectivity index (χ0v) is 12.4. The highest BCUT2D eigenvalue weighted by Gasteiger charge is 2.22. The van der Waals surface area contributed by atoms with Crippen LogP contribution in [0.15, 0.2) is 36.7 Å². The van der Waals surface area contributed by atoms with Crippen LogP contribution in [0.5, 0.6) is 0 Å². The first-order valence-corrected chi connectivity index (χ1v) is 7.22. The van der Waals surface area contributed by atoms with Crippen molar-refractivity contribution in [2.75, 3.05) is 31.1 Å². The van der Waals surface area contributed by atoms with Crippen molar-refractivity contribution in [3.63, 3.8) is 0 Å². The Morgan fingerprint density at radius 1 is 1.05 bits per heavy atom. The van der Waals surface area contributed by atoms with Crippen LogP contribution in [0.4, 0.5) is 10.1 Å². The first kappa shape index (κ1) is 14.4. The lowest BCUT2D eigenvalue weighted by Gasteiger charge is -2.36. The summed E-state index contributed by atoms with van der Waals surface area (Å²) in [5.41, 5.74) is 1.49. The third kappa shape index (κ3) is 3.05. The van der Waals surface area contributed by atoms with Crippen molar-refractivity contribution in [3.8, 4) is 0 Å². The zero-order chi connectivity index (χ0) is 15.5. The van der Waals surface area contributed by atoms with Gasteiger partial charge in [0.25, 0.3) is 5.91 Å². The number of aryl methyl sites for hydroxylation is 1. The quantitative estimate of drug-likeness (QED) is 0.850. The molecule has 1 fully saturated rings. The normalized spacial score (nSPS) is 15.0. The predicted octanol–water partition coefficient (Wildman–Crippen LogP) is 1.89. The van der Waals surface area contributed by atoms with Gasteiger partial charge in [-0.25, -0.2) is 14.4 Å². The molecule has 3 rings (SSSR count). The maximum Gasteiger partial charge on any atom is 0.257 e. The van der Waals surface area contributed by atoms with E-state index >= 15 is 0 Å². The van der Waals surface area contributed by atoms with E-state index in [4.69, 9.17) is 0 Å². The number of halogens is 1. The van der Waals surface area contributed by atoms with Gasteiger partial charge in [0.2, 0.25) is 0 Å². The molecule has 0 radical (unpaired) electrons. The van der Waals surface area contributed by atoms with Crippen LogP contribution in [0.25, 0.3) is 0 Å². The predicted molar refractivity (Wildman–Crippen MR) is 81.3 cm³/mol. The number of rotatable bonds is 2. The monoisotopic (exact) mass is 300 g/mol. The summed E-state index contributed by atoms with van der Waals surface area (Å²) in [5.74, 6) is 0.369. The molecule has 0 aliphatic carbocycles. The van der Waals surface area contributed by atoms with E-state index in [1.165, 1.54) is 12.1 Å². The number of benzene rings is 1. The number of hydrogen-bond donors (Lipinski definition) is 0. The van der Waals surface area contributed by atoms with Gasteiger partial charge in [-0.2, -0.15) is 0 Å². The van der Waals surface area contributed by atoms with Crippen molar-refractivity contribution in [2.24, 2.45) is 0 Å². The minimum Gasteiger partial charge on any atom is -0.368 e. The molecule has 0 spiro atoms. The fourth-order valence-corrected chi connectivity index (χ4v) is 2.51. The van der Waals surface area contributed by atoms with Crippen LogP contribution >= 0.6 is 0 Å². The lowest BCUT2D eigenvalue weighted by atomic mass is 10.2. The Bertz CT molecular complexity index is 649. The van der Waals surface area contributed by atoms with Gasteiger partial charge in [0.15, 0.2) is 0 Å². The Morgan fingerprint density at radius 2 is 1.64 bits per heavy atom. The largest absolute Gasteiger partial charge is 0.368 e. The third-order valence-corrected chi connectivity index (χ3v) is 3.79. The molecule has 6 heteroatoms. The van der Waals surface area contributed by atoms with Crippen LogP contribution in [0, 0.1) is 12.7 Å². The summed E-state index contributed by atoms with van der Waals surface area (Å²) in [6.45, 7) is 4.50. The van der Waals surface area contributed by atoms with E-state index in [0.29, 0.717) is 24.5 Å². The minimum absolute atomic E-state index is 0.0428. The second-order valence-corrected chi connectivity index (χ2v) is 5.27. The first-order chi connectivity index (χ1) is 10.6. The molecule has 2 heterocycles. The van der Waals surface area contributed by atoms with Gasteiger partial charge in [-0.15, -0.1) is 0 Å². The fourth-order valence-electron chi connectivity index (χ4n) is 2.51. The van der Waals surface area contributed by atoms with E-state index in [2.05, 4.69) is 14.9 Å². The summed E-state index contributed by atoms with van der Waals surface area (Å²) in [5, 5.41) is 0. The summed E-state index contributed by atoms with van der Waals surface area (Å²) < 4.78 is 13.0. The van der Waals surface area contributed by atoms with Crippen LogP contribution < -0.4 is 4.90 Å². The molecule has 0 bridgehead atoms. The van der Waals surface area contributed by atoms with Crippen molar-refractivity contribution in [1.82, 2.24) is 14.9 Å². The Kier molecular flexibility index (Phi) is 4.00. The van der Waals surface area contributed by atoms with Crippen molar-refractivity contribution >= 4 is 11.6 Å². The molecular formula is C16H17FN4O. The molecule has 0 atom stereocenters. The molecule has 22 heavy (non-hydrogen) atoms. The molecule has 1 aliphatic heterocycles. The van der Waals surface area contributed by atoms with Gasteiger partial charge < -0.3 is 9.80 Å². The van der Waals surface area contributed by atoms with E-state index < -0.39 is 0 Å². The van der Waals surface area contributed by atoms with Gasteiger partial charge >= 0.3 is 0 Å². The number of anilines is 1. The molecule has 0 saturated carbocycles. The first-order valence-electron chi connectivity index (χ1n) is 7.22. The van der Waals surface area contributed by atoms with Crippen LogP contribution in [0.3, 0.4) is 0 Å². The Morgan fingerprint density at radius 3 is 2.23 bits per heavy atom. The van der Waals surface area contributed by atoms with Crippen molar-refractivity contribution in [1.29, 1.82) is 0 Å². The second kappa shape index (κ2) is 6.09. The molecule has 114 valence electrons. The van der Waals surface area contributed by atoms with Crippen LogP contribution in [0.2, 0.25) is 0 Å². The summed E-state index contributed by atoms with van der Waals surface area (Å²) >= 11 is 0. The zero-order valence-electron chi connectivity index (χ0n) is 12.4. The van der Waals surface area contributed by atoms with Gasteiger partial charge in [0.05, 0.1) is 5.56 Å². The minimum atomic E-state index is -0.239. The average molecular weight is 300 g/mol. The third-order valence-electron chi connectivity index (χ3n) is 3.79. The number of carbonyl (C=O) groups is 1. The number of amides is 1. The molecule has 5 nitrogen and oxygen atoms in total. The average Bonchev–Trinajstić information content (AvgIpc) is 2.56. The van der Waals surface area contributed by atoms with Crippen LogP contribution in [-0.4, -0.2) is 47.0 Å². The maximum absolute atomic E-state index is 13.0. The molecule has 1 amide bonds. The number of aromatic nitrogens is 2. The lowest BCUT2D eigenvalue weighted by Crippen LogP contribution is -2.48. The molecule has 0 N–H and O–H groups in total. The Balaban J connectivity index is 1.62. The van der Waals surface area contributed by atoms with Gasteiger partial charge in [0.1, 0.15) is 11.6 Å². The Hall–Kier alpha value is -2.50. The molecule has 2 aromatic rings. The number of nitrogens with zero attached hydrogens (tertiary/aromatic N) is 4. The van der Waals surface area contributed by atoms with Crippen LogP contribution in [0.1, 0.15) is 16.2 Å². The molecular weight excluding hydrogens is 283 g/mol. The summed E-state index contributed by atoms with van der Waals surface area (Å²) in [7, 11) is 0. The maximum atomic E-state index is 13.0. The highest BCUT2D eigenvalue weighted by atomic mass is 19.1. The number of hydrogen-bond acceptors (Lipinski definition) is 4. The lowest BCUT2D eigenvalue weighted by molar-refractivity contribution is 0.0746. The SMILES string of the molecule is Cc1ncc(C(=O)N2CCN(c3ccc(F)cc3)CC2)cn1.